The Balaban J connectivity index is 1.02. The number of aromatic amines is 2. The molecule has 86 heavy (non-hydrogen) atoms. The highest BCUT2D eigenvalue weighted by Gasteiger charge is 2.79. The number of anilines is 1. The van der Waals surface area contributed by atoms with Crippen molar-refractivity contribution in [3.8, 4) is 0 Å². The van der Waals surface area contributed by atoms with Crippen LogP contribution >= 0.6 is 0 Å². The number of hydrogen-bond acceptors (Lipinski definition) is 17. The van der Waals surface area contributed by atoms with Crippen molar-refractivity contribution in [3.63, 3.8) is 0 Å². The van der Waals surface area contributed by atoms with E-state index >= 15 is 4.79 Å². The van der Waals surface area contributed by atoms with Gasteiger partial charge in [0.15, 0.2) is 6.29 Å². The summed E-state index contributed by atoms with van der Waals surface area (Å²) >= 11 is 0. The van der Waals surface area contributed by atoms with Crippen LogP contribution in [0.1, 0.15) is 142 Å². The van der Waals surface area contributed by atoms with Gasteiger partial charge in [-0.05, 0) is 134 Å². The summed E-state index contributed by atoms with van der Waals surface area (Å²) in [6.45, 7) is 10.8. The molecule has 2 saturated heterocycles. The predicted molar refractivity (Wildman–Crippen MR) is 315 cm³/mol. The number of hydrogen-bond donors (Lipinski definition) is 15. The summed E-state index contributed by atoms with van der Waals surface area (Å²) in [5.41, 5.74) is 1.55. The molecule has 21 heteroatoms. The van der Waals surface area contributed by atoms with Gasteiger partial charge in [0, 0.05) is 54.9 Å². The van der Waals surface area contributed by atoms with Gasteiger partial charge in [-0.1, -0.05) is 90.5 Å². The van der Waals surface area contributed by atoms with Gasteiger partial charge in [-0.25, -0.2) is 9.97 Å². The van der Waals surface area contributed by atoms with Crippen LogP contribution in [0, 0.1) is 91.2 Å². The first-order chi connectivity index (χ1) is 41.0. The zero-order chi connectivity index (χ0) is 60.9. The molecule has 5 heterocycles. The Labute approximate surface area is 504 Å². The number of aliphatic hydroxyl groups is 8. The Bertz CT molecular complexity index is 2910. The van der Waals surface area contributed by atoms with Crippen molar-refractivity contribution in [2.24, 2.45) is 96.9 Å². The van der Waals surface area contributed by atoms with Gasteiger partial charge in [-0.3, -0.25) is 9.59 Å². The summed E-state index contributed by atoms with van der Waals surface area (Å²) < 4.78 is 13.0. The number of carboxylic acid groups (broad SMARTS) is 1. The van der Waals surface area contributed by atoms with E-state index in [9.17, 15) is 50.8 Å². The smallest absolute Gasteiger partial charge is 0.310 e. The molecule has 0 aromatic carbocycles. The van der Waals surface area contributed by atoms with Gasteiger partial charge in [0.05, 0.1) is 72.2 Å². The summed E-state index contributed by atoms with van der Waals surface area (Å²) in [5, 5.41) is 119. The first-order valence-electron chi connectivity index (χ1n) is 32.7. The van der Waals surface area contributed by atoms with Crippen LogP contribution in [0.2, 0.25) is 0 Å². The average molecular weight is 1200 g/mol. The zero-order valence-corrected chi connectivity index (χ0v) is 50.9. The molecule has 8 fully saturated rings. The van der Waals surface area contributed by atoms with Gasteiger partial charge in [-0.2, -0.15) is 0 Å². The molecule has 0 bridgehead atoms. The molecule has 0 unspecified atom stereocenters. The van der Waals surface area contributed by atoms with Gasteiger partial charge in [0.1, 0.15) is 30.4 Å². The number of carboxylic acids is 1. The Morgan fingerprint density at radius 2 is 1.64 bits per heavy atom. The van der Waals surface area contributed by atoms with Crippen LogP contribution in [-0.4, -0.2) is 172 Å². The van der Waals surface area contributed by atoms with E-state index in [0.29, 0.717) is 75.8 Å². The van der Waals surface area contributed by atoms with Gasteiger partial charge in [0.2, 0.25) is 5.91 Å². The van der Waals surface area contributed by atoms with Crippen LogP contribution in [0.3, 0.4) is 0 Å². The molecule has 11 aliphatic rings. The largest absolute Gasteiger partial charge is 0.481 e. The van der Waals surface area contributed by atoms with Crippen LogP contribution < -0.4 is 21.7 Å². The maximum absolute atomic E-state index is 15.7. The van der Waals surface area contributed by atoms with Crippen molar-refractivity contribution in [3.05, 3.63) is 54.0 Å². The summed E-state index contributed by atoms with van der Waals surface area (Å²) in [6, 6.07) is -0.655. The SMILES string of the molecule is C[C@]1(CO)CC[C@@]2(C(=O)O)[C@@H](C1)C1=CC[C@@H]3[C@@]4(C)[C@H]([C@H]5C=C[C@@](c6cnc[nH]6)([C@H](O)[C@H](CNC6CCCCC6)[C@@H](N)O)[C@H]6NC(=O)C7(CCCC7)[C@@H]56)[C@@H](O)[C@@H](O[C@@H]5OC[C@@H](O)[C@H](O)[C@H]5O)[C@@](C)(CO)[C@H]4CC[C@@]3(C)[C@]1(C)[C@@H]1Cc3[nH]cnc3NC[C@@H]12. The number of rotatable bonds is 13. The molecule has 1 spiro atoms. The minimum Gasteiger partial charge on any atom is -0.481 e. The zero-order valence-electron chi connectivity index (χ0n) is 50.9. The monoisotopic (exact) mass is 1200 g/mol. The third-order valence-corrected chi connectivity index (χ3v) is 27.4. The summed E-state index contributed by atoms with van der Waals surface area (Å²) in [5.74, 6) is -4.89. The fraction of sp³-hybridized carbons (Fsp3) is 0.815. The van der Waals surface area contributed by atoms with Gasteiger partial charge in [-0.15, -0.1) is 0 Å². The minimum atomic E-state index is -1.71. The number of H-pyrrole nitrogens is 2. The Kier molecular flexibility index (Phi) is 15.4. The van der Waals surface area contributed by atoms with E-state index < -0.39 is 147 Å². The van der Waals surface area contributed by atoms with E-state index in [2.05, 4.69) is 70.7 Å². The summed E-state index contributed by atoms with van der Waals surface area (Å²) in [7, 11) is 0. The molecule has 25 atom stereocenters. The van der Waals surface area contributed by atoms with Gasteiger partial charge >= 0.3 is 5.97 Å². The number of aromatic nitrogens is 4. The minimum absolute atomic E-state index is 0.0753. The lowest BCUT2D eigenvalue weighted by Gasteiger charge is -2.76. The lowest BCUT2D eigenvalue weighted by molar-refractivity contribution is -0.344. The molecule has 3 aliphatic heterocycles. The quantitative estimate of drug-likeness (QED) is 0.0776. The normalized spacial score (nSPS) is 47.9. The highest BCUT2D eigenvalue weighted by molar-refractivity contribution is 5.87. The maximum Gasteiger partial charge on any atom is 0.310 e. The molecular formula is C65H98N8O13. The van der Waals surface area contributed by atoms with Gasteiger partial charge < -0.3 is 87.1 Å². The number of fused-ring (bicyclic) bond motifs is 13. The molecule has 6 saturated carbocycles. The first kappa shape index (κ1) is 61.0. The van der Waals surface area contributed by atoms with Crippen LogP contribution in [0.15, 0.2) is 42.7 Å². The Hall–Kier alpha value is -3.84. The summed E-state index contributed by atoms with van der Waals surface area (Å²) in [6.07, 6.45) is 11.1. The third-order valence-electron chi connectivity index (χ3n) is 27.4. The molecule has 21 nitrogen and oxygen atoms in total. The van der Waals surface area contributed by atoms with Crippen LogP contribution in [0.5, 0.6) is 0 Å². The van der Waals surface area contributed by atoms with E-state index in [0.717, 1.165) is 56.2 Å². The maximum atomic E-state index is 15.7. The number of imidazole rings is 2. The number of carbonyl (C=O) groups is 2. The highest BCUT2D eigenvalue weighted by Crippen LogP contribution is 2.80. The van der Waals surface area contributed by atoms with Crippen LogP contribution in [0.4, 0.5) is 5.82 Å². The van der Waals surface area contributed by atoms with E-state index in [1.165, 1.54) is 0 Å². The van der Waals surface area contributed by atoms with E-state index in [1.54, 1.807) is 18.9 Å². The van der Waals surface area contributed by atoms with Crippen LogP contribution in [-0.2, 0) is 30.9 Å². The highest BCUT2D eigenvalue weighted by atomic mass is 16.7. The third kappa shape index (κ3) is 8.36. The fourth-order valence-electron chi connectivity index (χ4n) is 22.9. The van der Waals surface area contributed by atoms with Crippen molar-refractivity contribution in [1.82, 2.24) is 30.6 Å². The van der Waals surface area contributed by atoms with Crippen molar-refractivity contribution in [2.75, 3.05) is 38.2 Å². The van der Waals surface area contributed by atoms with Gasteiger partial charge in [0.25, 0.3) is 0 Å². The Morgan fingerprint density at radius 3 is 2.33 bits per heavy atom. The Morgan fingerprint density at radius 1 is 0.884 bits per heavy atom. The molecule has 8 aliphatic carbocycles. The molecule has 13 rings (SSSR count). The molecule has 0 radical (unpaired) electrons. The second-order valence-electron chi connectivity index (χ2n) is 30.6. The number of allylic oxidation sites excluding steroid dienone is 3. The predicted octanol–water partition coefficient (Wildman–Crippen LogP) is 3.38. The molecule has 2 aromatic heterocycles. The fourth-order valence-corrected chi connectivity index (χ4v) is 22.9. The molecule has 16 N–H and O–H groups in total. The first-order valence-corrected chi connectivity index (χ1v) is 32.7. The number of aliphatic carboxylic acids is 1. The number of nitrogens with two attached hydrogens (primary N) is 1. The van der Waals surface area contributed by atoms with Crippen molar-refractivity contribution in [1.29, 1.82) is 0 Å². The second kappa shape index (κ2) is 21.7. The van der Waals surface area contributed by atoms with E-state index in [1.807, 2.05) is 13.0 Å². The van der Waals surface area contributed by atoms with Crippen molar-refractivity contribution >= 4 is 17.7 Å². The van der Waals surface area contributed by atoms with Crippen LogP contribution in [0.25, 0.3) is 0 Å². The standard InChI is InChI=1S/C65H98N8O13/c1-58(29-74)21-22-64(57(83)84)38(24-58)36-13-14-43-60(3,62(36,5)37-23-40-54(72-32-70-40)69-26-39(37)64)19-16-42-59(2,30-75)52(86-55-49(79)47(77)41(76)28-85-55)48(78)45(61(42,43)4)34-15-20-65(44-27-67-31-71-44,50-46(34)63(56(82)73-50)17-9-10-18-63)51(80)35(53(66)81)25-68-33-11-7-6-8-12-33/h13,15,20,27,31-35,37-39,41-43,45-53,55,68-69,74-81H,6-12,14,16-19,21-26,28-30,66H2,1-5H3,(H,67,71)(H,70,72)(H,73,82)(H,83,84)/t34-,35+,37-,38+,39+,41-,42-,43+,45-,46+,47+,48-,49-,50+,51-,52-,53+,55+,58+,59+,60-,61+,62+,64-,65+/m1/s1. The average Bonchev–Trinajstić information content (AvgIpc) is 0.856. The number of amides is 1. The molecular weight excluding hydrogens is 1100 g/mol. The molecule has 2 aromatic rings. The van der Waals surface area contributed by atoms with Crippen molar-refractivity contribution < 1.29 is 65.0 Å². The van der Waals surface area contributed by atoms with E-state index in [4.69, 9.17) is 20.2 Å². The number of ether oxygens (including phenoxy) is 2. The topological polar surface area (TPSA) is 354 Å². The molecule has 476 valence electrons. The number of nitrogens with one attached hydrogen (secondary N) is 5. The lowest BCUT2D eigenvalue weighted by atomic mass is 9.28. The molecule has 1 amide bonds. The number of nitrogens with zero attached hydrogens (tertiary/aromatic N) is 2. The number of carbonyl (C=O) groups excluding carboxylic acids is 1. The second-order valence-corrected chi connectivity index (χ2v) is 30.6. The lowest BCUT2D eigenvalue weighted by Crippen LogP contribution is -2.75. The summed E-state index contributed by atoms with van der Waals surface area (Å²) in [4.78, 5) is 46.3. The number of aliphatic hydroxyl groups excluding tert-OH is 8. The van der Waals surface area contributed by atoms with Crippen molar-refractivity contribution in [2.45, 2.75) is 204 Å². The van der Waals surface area contributed by atoms with E-state index in [-0.39, 0.29) is 49.5 Å².